The first kappa shape index (κ1) is 13.1. The van der Waals surface area contributed by atoms with Crippen molar-refractivity contribution in [3.05, 3.63) is 58.3 Å². The van der Waals surface area contributed by atoms with Crippen LogP contribution in [-0.2, 0) is 6.61 Å². The molecule has 2 nitrogen and oxygen atoms in total. The highest BCUT2D eigenvalue weighted by molar-refractivity contribution is 9.10. The predicted octanol–water partition coefficient (Wildman–Crippen LogP) is 4.55. The highest BCUT2D eigenvalue weighted by Crippen LogP contribution is 2.20. The standard InChI is InChI=1S/C15H16BrNO/c1-11(2)12-4-3-5-15(8-12)18-10-14-7-6-13(16)9-17-14/h3-9,11H,10H2,1-2H3. The van der Waals surface area contributed by atoms with Crippen molar-refractivity contribution in [2.45, 2.75) is 26.4 Å². The Kier molecular flexibility index (Phi) is 4.37. The smallest absolute Gasteiger partial charge is 0.130 e. The molecule has 0 spiro atoms. The summed E-state index contributed by atoms with van der Waals surface area (Å²) in [6, 6.07) is 12.1. The van der Waals surface area contributed by atoms with Gasteiger partial charge in [-0.05, 0) is 51.7 Å². The van der Waals surface area contributed by atoms with Gasteiger partial charge in [0.15, 0.2) is 0 Å². The number of benzene rings is 1. The van der Waals surface area contributed by atoms with Gasteiger partial charge >= 0.3 is 0 Å². The van der Waals surface area contributed by atoms with E-state index >= 15 is 0 Å². The predicted molar refractivity (Wildman–Crippen MR) is 76.8 cm³/mol. The van der Waals surface area contributed by atoms with Crippen molar-refractivity contribution < 1.29 is 4.74 Å². The van der Waals surface area contributed by atoms with Gasteiger partial charge in [0.2, 0.25) is 0 Å². The fourth-order valence-electron chi connectivity index (χ4n) is 1.61. The highest BCUT2D eigenvalue weighted by atomic mass is 79.9. The molecule has 1 heterocycles. The molecule has 0 radical (unpaired) electrons. The summed E-state index contributed by atoms with van der Waals surface area (Å²) in [7, 11) is 0. The van der Waals surface area contributed by atoms with Crippen LogP contribution in [0.5, 0.6) is 5.75 Å². The lowest BCUT2D eigenvalue weighted by atomic mass is 10.0. The van der Waals surface area contributed by atoms with Crippen LogP contribution in [0.2, 0.25) is 0 Å². The normalized spacial score (nSPS) is 10.7. The SMILES string of the molecule is CC(C)c1cccc(OCc2ccc(Br)cn2)c1. The van der Waals surface area contributed by atoms with E-state index in [0.717, 1.165) is 15.9 Å². The van der Waals surface area contributed by atoms with Gasteiger partial charge in [-0.25, -0.2) is 0 Å². The van der Waals surface area contributed by atoms with Gasteiger partial charge in [0.25, 0.3) is 0 Å². The number of pyridine rings is 1. The summed E-state index contributed by atoms with van der Waals surface area (Å²) in [5, 5.41) is 0. The highest BCUT2D eigenvalue weighted by Gasteiger charge is 2.02. The van der Waals surface area contributed by atoms with E-state index in [9.17, 15) is 0 Å². The molecule has 18 heavy (non-hydrogen) atoms. The number of aromatic nitrogens is 1. The zero-order chi connectivity index (χ0) is 13.0. The first-order chi connectivity index (χ1) is 8.65. The first-order valence-electron chi connectivity index (χ1n) is 5.98. The first-order valence-corrected chi connectivity index (χ1v) is 6.77. The lowest BCUT2D eigenvalue weighted by molar-refractivity contribution is 0.301. The van der Waals surface area contributed by atoms with Crippen molar-refractivity contribution in [1.29, 1.82) is 0 Å². The molecule has 0 aliphatic heterocycles. The van der Waals surface area contributed by atoms with Gasteiger partial charge < -0.3 is 4.74 Å². The third-order valence-electron chi connectivity index (χ3n) is 2.70. The molecule has 0 bridgehead atoms. The van der Waals surface area contributed by atoms with Crippen LogP contribution in [0.15, 0.2) is 47.1 Å². The zero-order valence-corrected chi connectivity index (χ0v) is 12.1. The molecule has 0 saturated heterocycles. The van der Waals surface area contributed by atoms with Gasteiger partial charge in [0.05, 0.1) is 5.69 Å². The molecular weight excluding hydrogens is 290 g/mol. The minimum absolute atomic E-state index is 0.495. The Morgan fingerprint density at radius 3 is 2.72 bits per heavy atom. The molecule has 0 saturated carbocycles. The second-order valence-corrected chi connectivity index (χ2v) is 5.40. The zero-order valence-electron chi connectivity index (χ0n) is 10.6. The number of hydrogen-bond donors (Lipinski definition) is 0. The van der Waals surface area contributed by atoms with E-state index < -0.39 is 0 Å². The average molecular weight is 306 g/mol. The molecule has 94 valence electrons. The van der Waals surface area contributed by atoms with Crippen LogP contribution in [0.4, 0.5) is 0 Å². The summed E-state index contributed by atoms with van der Waals surface area (Å²) < 4.78 is 6.72. The maximum atomic E-state index is 5.74. The van der Waals surface area contributed by atoms with E-state index in [0.29, 0.717) is 12.5 Å². The number of halogens is 1. The Balaban J connectivity index is 2.01. The van der Waals surface area contributed by atoms with Crippen LogP contribution in [0.1, 0.15) is 31.0 Å². The van der Waals surface area contributed by atoms with Gasteiger partial charge in [0.1, 0.15) is 12.4 Å². The summed E-state index contributed by atoms with van der Waals surface area (Å²) in [5.41, 5.74) is 2.21. The Morgan fingerprint density at radius 2 is 2.06 bits per heavy atom. The number of rotatable bonds is 4. The minimum Gasteiger partial charge on any atom is -0.487 e. The van der Waals surface area contributed by atoms with E-state index in [2.05, 4.69) is 46.9 Å². The molecule has 0 amide bonds. The summed E-state index contributed by atoms with van der Waals surface area (Å²) in [6.45, 7) is 4.85. The molecule has 3 heteroatoms. The van der Waals surface area contributed by atoms with E-state index in [4.69, 9.17) is 4.74 Å². The van der Waals surface area contributed by atoms with E-state index in [1.54, 1.807) is 6.20 Å². The maximum Gasteiger partial charge on any atom is 0.130 e. The number of ether oxygens (including phenoxy) is 1. The number of nitrogens with zero attached hydrogens (tertiary/aromatic N) is 1. The van der Waals surface area contributed by atoms with E-state index in [-0.39, 0.29) is 0 Å². The molecule has 1 aromatic carbocycles. The molecule has 1 aromatic heterocycles. The fourth-order valence-corrected chi connectivity index (χ4v) is 1.85. The monoisotopic (exact) mass is 305 g/mol. The average Bonchev–Trinajstić information content (AvgIpc) is 2.38. The molecule has 0 aliphatic rings. The summed E-state index contributed by atoms with van der Waals surface area (Å²) >= 11 is 3.36. The fraction of sp³-hybridized carbons (Fsp3) is 0.267. The second kappa shape index (κ2) is 6.01. The molecular formula is C15H16BrNO. The van der Waals surface area contributed by atoms with E-state index in [1.165, 1.54) is 5.56 Å². The van der Waals surface area contributed by atoms with Crippen LogP contribution in [0, 0.1) is 0 Å². The molecule has 0 atom stereocenters. The Morgan fingerprint density at radius 1 is 1.22 bits per heavy atom. The lowest BCUT2D eigenvalue weighted by Crippen LogP contribution is -1.98. The van der Waals surface area contributed by atoms with Crippen LogP contribution in [0.25, 0.3) is 0 Å². The summed E-state index contributed by atoms with van der Waals surface area (Å²) in [5.74, 6) is 1.41. The Bertz CT molecular complexity index is 508. The Hall–Kier alpha value is -1.35. The van der Waals surface area contributed by atoms with Gasteiger partial charge in [-0.1, -0.05) is 26.0 Å². The van der Waals surface area contributed by atoms with Crippen molar-refractivity contribution in [3.63, 3.8) is 0 Å². The van der Waals surface area contributed by atoms with Gasteiger partial charge in [-0.15, -0.1) is 0 Å². The van der Waals surface area contributed by atoms with Crippen LogP contribution in [0.3, 0.4) is 0 Å². The third kappa shape index (κ3) is 3.57. The quantitative estimate of drug-likeness (QED) is 0.827. The van der Waals surface area contributed by atoms with E-state index in [1.807, 2.05) is 24.3 Å². The Labute approximate surface area is 116 Å². The summed E-state index contributed by atoms with van der Waals surface area (Å²) in [4.78, 5) is 4.28. The molecule has 0 unspecified atom stereocenters. The van der Waals surface area contributed by atoms with Crippen molar-refractivity contribution in [3.8, 4) is 5.75 Å². The third-order valence-corrected chi connectivity index (χ3v) is 3.17. The molecule has 2 aromatic rings. The summed E-state index contributed by atoms with van der Waals surface area (Å²) in [6.07, 6.45) is 1.78. The van der Waals surface area contributed by atoms with Crippen molar-refractivity contribution >= 4 is 15.9 Å². The van der Waals surface area contributed by atoms with Gasteiger partial charge in [-0.3, -0.25) is 4.98 Å². The second-order valence-electron chi connectivity index (χ2n) is 4.48. The van der Waals surface area contributed by atoms with Crippen LogP contribution >= 0.6 is 15.9 Å². The van der Waals surface area contributed by atoms with Crippen molar-refractivity contribution in [2.75, 3.05) is 0 Å². The molecule has 0 fully saturated rings. The van der Waals surface area contributed by atoms with Crippen molar-refractivity contribution in [1.82, 2.24) is 4.98 Å². The molecule has 0 N–H and O–H groups in total. The largest absolute Gasteiger partial charge is 0.487 e. The van der Waals surface area contributed by atoms with Gasteiger partial charge in [-0.2, -0.15) is 0 Å². The molecule has 2 rings (SSSR count). The minimum atomic E-state index is 0.495. The van der Waals surface area contributed by atoms with Crippen molar-refractivity contribution in [2.24, 2.45) is 0 Å². The van der Waals surface area contributed by atoms with Gasteiger partial charge in [0, 0.05) is 10.7 Å². The van der Waals surface area contributed by atoms with Crippen LogP contribution in [-0.4, -0.2) is 4.98 Å². The lowest BCUT2D eigenvalue weighted by Gasteiger charge is -2.09. The number of hydrogen-bond acceptors (Lipinski definition) is 2. The molecule has 0 aliphatic carbocycles. The maximum absolute atomic E-state index is 5.74. The van der Waals surface area contributed by atoms with Crippen LogP contribution < -0.4 is 4.74 Å². The topological polar surface area (TPSA) is 22.1 Å².